The van der Waals surface area contributed by atoms with E-state index in [1.807, 2.05) is 12.1 Å². The standard InChI is InChI=1S/C25H21F2N3O3/c26-15-6-5-7-16(12-15)28-25(33)29-13-21-23(18-9-2-4-11-20(18)29)22(14-31)30(21)24(32)17-8-1-3-10-19(17)27/h1-12,21-23,31H,13-14H2,(H,28,33)/t21-,22+,23+/m0/s1. The fraction of sp³-hybridized carbons (Fsp3) is 0.200. The van der Waals surface area contributed by atoms with Gasteiger partial charge in [0.05, 0.1) is 24.3 Å². The molecule has 8 heteroatoms. The minimum atomic E-state index is -0.639. The number of rotatable bonds is 3. The fourth-order valence-electron chi connectivity index (χ4n) is 4.89. The van der Waals surface area contributed by atoms with Crippen LogP contribution < -0.4 is 10.2 Å². The Morgan fingerprint density at radius 2 is 1.76 bits per heavy atom. The summed E-state index contributed by atoms with van der Waals surface area (Å²) in [5.74, 6) is -1.84. The number of anilines is 2. The molecule has 0 aliphatic carbocycles. The first-order chi connectivity index (χ1) is 16.0. The molecule has 0 unspecified atom stereocenters. The Morgan fingerprint density at radius 3 is 2.52 bits per heavy atom. The van der Waals surface area contributed by atoms with E-state index in [9.17, 15) is 23.5 Å². The molecule has 3 aromatic rings. The third-order valence-corrected chi connectivity index (χ3v) is 6.35. The molecular weight excluding hydrogens is 428 g/mol. The molecule has 1 saturated heterocycles. The maximum atomic E-state index is 14.3. The number of para-hydroxylation sites is 1. The minimum absolute atomic E-state index is 0.0796. The monoisotopic (exact) mass is 449 g/mol. The molecule has 168 valence electrons. The van der Waals surface area contributed by atoms with Crippen LogP contribution >= 0.6 is 0 Å². The summed E-state index contributed by atoms with van der Waals surface area (Å²) in [6, 6.07) is 17.1. The first-order valence-corrected chi connectivity index (χ1v) is 10.6. The minimum Gasteiger partial charge on any atom is -0.394 e. The van der Waals surface area contributed by atoms with Crippen LogP contribution in [0, 0.1) is 11.6 Å². The normalized spacial score (nSPS) is 21.0. The van der Waals surface area contributed by atoms with E-state index < -0.39 is 35.7 Å². The summed E-state index contributed by atoms with van der Waals surface area (Å²) in [6.45, 7) is -0.134. The Hall–Kier alpha value is -3.78. The van der Waals surface area contributed by atoms with E-state index in [-0.39, 0.29) is 24.6 Å². The number of carbonyl (C=O) groups excluding carboxylic acids is 2. The van der Waals surface area contributed by atoms with Gasteiger partial charge in [-0.05, 0) is 42.0 Å². The number of aliphatic hydroxyl groups excluding tert-OH is 1. The second kappa shape index (κ2) is 8.29. The second-order valence-corrected chi connectivity index (χ2v) is 8.15. The molecule has 6 nitrogen and oxygen atoms in total. The van der Waals surface area contributed by atoms with Gasteiger partial charge in [-0.25, -0.2) is 13.6 Å². The van der Waals surface area contributed by atoms with Crippen LogP contribution in [0.25, 0.3) is 0 Å². The van der Waals surface area contributed by atoms with Gasteiger partial charge in [0.1, 0.15) is 11.6 Å². The summed E-state index contributed by atoms with van der Waals surface area (Å²) in [7, 11) is 0. The topological polar surface area (TPSA) is 72.9 Å². The lowest BCUT2D eigenvalue weighted by atomic mass is 9.71. The summed E-state index contributed by atoms with van der Waals surface area (Å²) in [5.41, 5.74) is 1.70. The van der Waals surface area contributed by atoms with Crippen LogP contribution in [-0.4, -0.2) is 47.2 Å². The van der Waals surface area contributed by atoms with Crippen LogP contribution in [-0.2, 0) is 0 Å². The summed E-state index contributed by atoms with van der Waals surface area (Å²) in [5, 5.41) is 12.8. The predicted molar refractivity (Wildman–Crippen MR) is 119 cm³/mol. The first kappa shape index (κ1) is 21.1. The number of halogens is 2. The summed E-state index contributed by atoms with van der Waals surface area (Å²) < 4.78 is 27.9. The lowest BCUT2D eigenvalue weighted by Gasteiger charge is -2.58. The highest BCUT2D eigenvalue weighted by molar-refractivity contribution is 6.03. The van der Waals surface area contributed by atoms with Gasteiger partial charge in [0, 0.05) is 23.8 Å². The highest BCUT2D eigenvalue weighted by Crippen LogP contribution is 2.48. The van der Waals surface area contributed by atoms with Gasteiger partial charge in [-0.3, -0.25) is 9.69 Å². The number of hydrogen-bond donors (Lipinski definition) is 2. The van der Waals surface area contributed by atoms with Crippen LogP contribution in [0.5, 0.6) is 0 Å². The molecule has 3 amide bonds. The number of likely N-dealkylation sites (tertiary alicyclic amines) is 1. The molecule has 2 aliphatic heterocycles. The van der Waals surface area contributed by atoms with E-state index >= 15 is 0 Å². The molecule has 0 spiro atoms. The van der Waals surface area contributed by atoms with Gasteiger partial charge in [0.25, 0.3) is 5.91 Å². The molecule has 3 aromatic carbocycles. The Kier molecular flexibility index (Phi) is 5.30. The molecule has 0 bridgehead atoms. The van der Waals surface area contributed by atoms with Crippen molar-refractivity contribution in [2.24, 2.45) is 0 Å². The van der Waals surface area contributed by atoms with Gasteiger partial charge in [0.2, 0.25) is 0 Å². The smallest absolute Gasteiger partial charge is 0.326 e. The molecule has 0 saturated carbocycles. The molecular formula is C25H21F2N3O3. The average molecular weight is 449 g/mol. The van der Waals surface area contributed by atoms with Crippen molar-refractivity contribution in [3.8, 4) is 0 Å². The maximum absolute atomic E-state index is 14.3. The number of hydrogen-bond acceptors (Lipinski definition) is 3. The quantitative estimate of drug-likeness (QED) is 0.635. The average Bonchev–Trinajstić information content (AvgIpc) is 2.79. The Morgan fingerprint density at radius 1 is 1.00 bits per heavy atom. The third-order valence-electron chi connectivity index (χ3n) is 6.35. The van der Waals surface area contributed by atoms with Gasteiger partial charge >= 0.3 is 6.03 Å². The molecule has 3 atom stereocenters. The Labute approximate surface area is 189 Å². The van der Waals surface area contributed by atoms with Crippen molar-refractivity contribution in [1.29, 1.82) is 0 Å². The molecule has 33 heavy (non-hydrogen) atoms. The van der Waals surface area contributed by atoms with Gasteiger partial charge in [-0.15, -0.1) is 0 Å². The summed E-state index contributed by atoms with van der Waals surface area (Å²) >= 11 is 0. The van der Waals surface area contributed by atoms with Crippen molar-refractivity contribution in [2.75, 3.05) is 23.4 Å². The SMILES string of the molecule is O=C(Nc1cccc(F)c1)N1C[C@H]2[C@@H](c3ccccc31)[C@@H](CO)N2C(=O)c1ccccc1F. The molecule has 0 aromatic heterocycles. The van der Waals surface area contributed by atoms with Gasteiger partial charge in [-0.1, -0.05) is 36.4 Å². The first-order valence-electron chi connectivity index (χ1n) is 10.6. The highest BCUT2D eigenvalue weighted by Gasteiger charge is 2.55. The van der Waals surface area contributed by atoms with Crippen LogP contribution in [0.3, 0.4) is 0 Å². The Bertz CT molecular complexity index is 1230. The van der Waals surface area contributed by atoms with Crippen LogP contribution in [0.4, 0.5) is 25.0 Å². The predicted octanol–water partition coefficient (Wildman–Crippen LogP) is 3.99. The Balaban J connectivity index is 1.48. The summed E-state index contributed by atoms with van der Waals surface area (Å²) in [4.78, 5) is 29.3. The zero-order valence-electron chi connectivity index (χ0n) is 17.5. The van der Waals surface area contributed by atoms with Crippen molar-refractivity contribution < 1.29 is 23.5 Å². The lowest BCUT2D eigenvalue weighted by Crippen LogP contribution is -2.71. The molecule has 2 aliphatic rings. The number of benzene rings is 3. The van der Waals surface area contributed by atoms with Gasteiger partial charge in [0.15, 0.2) is 0 Å². The van der Waals surface area contributed by atoms with Crippen molar-refractivity contribution in [3.05, 3.63) is 95.6 Å². The van der Waals surface area contributed by atoms with E-state index in [4.69, 9.17) is 0 Å². The number of aliphatic hydroxyl groups is 1. The van der Waals surface area contributed by atoms with Crippen molar-refractivity contribution in [3.63, 3.8) is 0 Å². The zero-order valence-corrected chi connectivity index (χ0v) is 17.5. The number of carbonyl (C=O) groups is 2. The van der Waals surface area contributed by atoms with Crippen LogP contribution in [0.15, 0.2) is 72.8 Å². The van der Waals surface area contributed by atoms with Gasteiger partial charge < -0.3 is 15.3 Å². The van der Waals surface area contributed by atoms with E-state index in [0.29, 0.717) is 11.4 Å². The largest absolute Gasteiger partial charge is 0.394 e. The van der Waals surface area contributed by atoms with Gasteiger partial charge in [-0.2, -0.15) is 0 Å². The highest BCUT2D eigenvalue weighted by atomic mass is 19.1. The molecule has 2 N–H and O–H groups in total. The number of nitrogens with zero attached hydrogens (tertiary/aromatic N) is 2. The maximum Gasteiger partial charge on any atom is 0.326 e. The third kappa shape index (κ3) is 3.52. The second-order valence-electron chi connectivity index (χ2n) is 8.15. The molecule has 1 fully saturated rings. The summed E-state index contributed by atoms with van der Waals surface area (Å²) in [6.07, 6.45) is 0. The molecule has 2 heterocycles. The molecule has 5 rings (SSSR count). The van der Waals surface area contributed by atoms with Crippen molar-refractivity contribution >= 4 is 23.3 Å². The zero-order chi connectivity index (χ0) is 23.1. The number of nitrogens with one attached hydrogen (secondary N) is 1. The van der Waals surface area contributed by atoms with Crippen molar-refractivity contribution in [1.82, 2.24) is 4.90 Å². The van der Waals surface area contributed by atoms with E-state index in [0.717, 1.165) is 5.56 Å². The lowest BCUT2D eigenvalue weighted by molar-refractivity contribution is -0.0244. The molecule has 0 radical (unpaired) electrons. The number of urea groups is 1. The van der Waals surface area contributed by atoms with E-state index in [1.165, 1.54) is 46.2 Å². The number of fused-ring (bicyclic) bond motifs is 3. The fourth-order valence-corrected chi connectivity index (χ4v) is 4.89. The van der Waals surface area contributed by atoms with Crippen LogP contribution in [0.1, 0.15) is 21.8 Å². The van der Waals surface area contributed by atoms with Crippen molar-refractivity contribution in [2.45, 2.75) is 18.0 Å². The van der Waals surface area contributed by atoms with E-state index in [2.05, 4.69) is 5.32 Å². The van der Waals surface area contributed by atoms with E-state index in [1.54, 1.807) is 24.3 Å². The van der Waals surface area contributed by atoms with Crippen LogP contribution in [0.2, 0.25) is 0 Å². The number of amides is 3.